The SMILES string of the molecule is O=C(NC[C@@H]1CCCO1)c1nnc2ccc(Cl)cc2n1. The third-order valence-electron chi connectivity index (χ3n) is 3.13. The first kappa shape index (κ1) is 13.2. The Kier molecular flexibility index (Phi) is 3.75. The third kappa shape index (κ3) is 2.86. The number of benzene rings is 1. The summed E-state index contributed by atoms with van der Waals surface area (Å²) >= 11 is 5.89. The number of carbonyl (C=O) groups is 1. The molecule has 1 aromatic carbocycles. The summed E-state index contributed by atoms with van der Waals surface area (Å²) in [5, 5.41) is 11.1. The zero-order chi connectivity index (χ0) is 13.9. The molecular formula is C13H13ClN4O2. The predicted molar refractivity (Wildman–Crippen MR) is 73.7 cm³/mol. The van der Waals surface area contributed by atoms with Gasteiger partial charge in [0.05, 0.1) is 11.6 Å². The first-order valence-electron chi connectivity index (χ1n) is 6.42. The Morgan fingerprint density at radius 2 is 2.30 bits per heavy atom. The maximum atomic E-state index is 12.0. The van der Waals surface area contributed by atoms with Crippen LogP contribution in [0.5, 0.6) is 0 Å². The fourth-order valence-corrected chi connectivity index (χ4v) is 2.26. The molecule has 1 saturated heterocycles. The standard InChI is InChI=1S/C13H13ClN4O2/c14-8-3-4-10-11(6-8)16-12(18-17-10)13(19)15-7-9-2-1-5-20-9/h3-4,6,9H,1-2,5,7H2,(H,15,19)/t9-/m0/s1. The van der Waals surface area contributed by atoms with Gasteiger partial charge in [-0.3, -0.25) is 4.79 Å². The minimum absolute atomic E-state index is 0.0396. The van der Waals surface area contributed by atoms with Crippen LogP contribution in [0, 0.1) is 0 Å². The molecule has 104 valence electrons. The second-order valence-corrected chi connectivity index (χ2v) is 5.05. The average Bonchev–Trinajstić information content (AvgIpc) is 2.97. The summed E-state index contributed by atoms with van der Waals surface area (Å²) in [5.74, 6) is -0.312. The van der Waals surface area contributed by atoms with Crippen molar-refractivity contribution >= 4 is 28.5 Å². The number of rotatable bonds is 3. The molecular weight excluding hydrogens is 280 g/mol. The molecule has 1 N–H and O–H groups in total. The Morgan fingerprint density at radius 1 is 1.40 bits per heavy atom. The smallest absolute Gasteiger partial charge is 0.291 e. The Balaban J connectivity index is 1.73. The van der Waals surface area contributed by atoms with Gasteiger partial charge >= 0.3 is 0 Å². The largest absolute Gasteiger partial charge is 0.376 e. The topological polar surface area (TPSA) is 77.0 Å². The summed E-state index contributed by atoms with van der Waals surface area (Å²) in [5.41, 5.74) is 1.15. The Hall–Kier alpha value is -1.79. The van der Waals surface area contributed by atoms with Crippen LogP contribution in [0.2, 0.25) is 5.02 Å². The van der Waals surface area contributed by atoms with Crippen LogP contribution < -0.4 is 5.32 Å². The van der Waals surface area contributed by atoms with E-state index in [0.717, 1.165) is 19.4 Å². The van der Waals surface area contributed by atoms with Gasteiger partial charge in [-0.15, -0.1) is 10.2 Å². The molecule has 0 aliphatic carbocycles. The number of nitrogens with one attached hydrogen (secondary N) is 1. The van der Waals surface area contributed by atoms with Gasteiger partial charge in [0.25, 0.3) is 5.91 Å². The van der Waals surface area contributed by atoms with Crippen LogP contribution in [0.25, 0.3) is 11.0 Å². The fourth-order valence-electron chi connectivity index (χ4n) is 2.10. The zero-order valence-electron chi connectivity index (χ0n) is 10.7. The van der Waals surface area contributed by atoms with Crippen LogP contribution in [0.15, 0.2) is 18.2 Å². The van der Waals surface area contributed by atoms with Crippen LogP contribution in [0.4, 0.5) is 0 Å². The van der Waals surface area contributed by atoms with Crippen molar-refractivity contribution in [1.82, 2.24) is 20.5 Å². The van der Waals surface area contributed by atoms with E-state index in [1.54, 1.807) is 18.2 Å². The van der Waals surface area contributed by atoms with E-state index in [1.807, 2.05) is 0 Å². The van der Waals surface area contributed by atoms with Gasteiger partial charge in [0, 0.05) is 18.2 Å². The minimum Gasteiger partial charge on any atom is -0.376 e. The van der Waals surface area contributed by atoms with Gasteiger partial charge in [0.15, 0.2) is 0 Å². The number of nitrogens with zero attached hydrogens (tertiary/aromatic N) is 3. The number of aromatic nitrogens is 3. The quantitative estimate of drug-likeness (QED) is 0.929. The molecule has 1 aliphatic heterocycles. The molecule has 0 spiro atoms. The Morgan fingerprint density at radius 3 is 3.10 bits per heavy atom. The third-order valence-corrected chi connectivity index (χ3v) is 3.37. The molecule has 20 heavy (non-hydrogen) atoms. The summed E-state index contributed by atoms with van der Waals surface area (Å²) in [4.78, 5) is 16.1. The van der Waals surface area contributed by atoms with E-state index in [1.165, 1.54) is 0 Å². The highest BCUT2D eigenvalue weighted by Gasteiger charge is 2.18. The molecule has 2 aromatic rings. The van der Waals surface area contributed by atoms with Crippen molar-refractivity contribution in [3.05, 3.63) is 29.0 Å². The van der Waals surface area contributed by atoms with E-state index in [2.05, 4.69) is 20.5 Å². The summed E-state index contributed by atoms with van der Waals surface area (Å²) in [7, 11) is 0. The summed E-state index contributed by atoms with van der Waals surface area (Å²) in [6.07, 6.45) is 2.08. The molecule has 0 unspecified atom stereocenters. The van der Waals surface area contributed by atoms with Crippen molar-refractivity contribution < 1.29 is 9.53 Å². The molecule has 2 heterocycles. The molecule has 0 saturated carbocycles. The molecule has 0 radical (unpaired) electrons. The van der Waals surface area contributed by atoms with Crippen LogP contribution in [-0.4, -0.2) is 40.3 Å². The Labute approximate surface area is 120 Å². The van der Waals surface area contributed by atoms with Crippen LogP contribution in [0.1, 0.15) is 23.5 Å². The number of halogens is 1. The normalized spacial score (nSPS) is 18.4. The molecule has 7 heteroatoms. The Bertz CT molecular complexity index is 643. The number of fused-ring (bicyclic) bond motifs is 1. The zero-order valence-corrected chi connectivity index (χ0v) is 11.4. The monoisotopic (exact) mass is 292 g/mol. The first-order valence-corrected chi connectivity index (χ1v) is 6.80. The highest BCUT2D eigenvalue weighted by Crippen LogP contribution is 2.15. The van der Waals surface area contributed by atoms with Gasteiger partial charge < -0.3 is 10.1 Å². The number of hydrogen-bond acceptors (Lipinski definition) is 5. The number of amides is 1. The van der Waals surface area contributed by atoms with Crippen molar-refractivity contribution in [2.75, 3.05) is 13.2 Å². The minimum atomic E-state index is -0.352. The number of carbonyl (C=O) groups excluding carboxylic acids is 1. The highest BCUT2D eigenvalue weighted by molar-refractivity contribution is 6.31. The number of hydrogen-bond donors (Lipinski definition) is 1. The molecule has 1 atom stereocenters. The molecule has 6 nitrogen and oxygen atoms in total. The van der Waals surface area contributed by atoms with Crippen molar-refractivity contribution in [2.24, 2.45) is 0 Å². The fraction of sp³-hybridized carbons (Fsp3) is 0.385. The van der Waals surface area contributed by atoms with E-state index in [0.29, 0.717) is 22.6 Å². The van der Waals surface area contributed by atoms with Gasteiger partial charge in [-0.2, -0.15) is 0 Å². The van der Waals surface area contributed by atoms with Crippen LogP contribution >= 0.6 is 11.6 Å². The van der Waals surface area contributed by atoms with Gasteiger partial charge in [0.1, 0.15) is 5.52 Å². The number of ether oxygens (including phenoxy) is 1. The molecule has 1 amide bonds. The highest BCUT2D eigenvalue weighted by atomic mass is 35.5. The summed E-state index contributed by atoms with van der Waals surface area (Å²) in [6, 6.07) is 5.07. The summed E-state index contributed by atoms with van der Waals surface area (Å²) < 4.78 is 5.44. The molecule has 3 rings (SSSR count). The molecule has 1 aromatic heterocycles. The second-order valence-electron chi connectivity index (χ2n) is 4.61. The lowest BCUT2D eigenvalue weighted by Gasteiger charge is -2.09. The lowest BCUT2D eigenvalue weighted by atomic mass is 10.2. The van der Waals surface area contributed by atoms with Gasteiger partial charge in [0.2, 0.25) is 5.82 Å². The van der Waals surface area contributed by atoms with E-state index < -0.39 is 0 Å². The van der Waals surface area contributed by atoms with Crippen molar-refractivity contribution in [3.8, 4) is 0 Å². The second kappa shape index (κ2) is 5.68. The predicted octanol–water partition coefficient (Wildman–Crippen LogP) is 1.59. The van der Waals surface area contributed by atoms with Crippen molar-refractivity contribution in [1.29, 1.82) is 0 Å². The van der Waals surface area contributed by atoms with Crippen molar-refractivity contribution in [3.63, 3.8) is 0 Å². The molecule has 1 fully saturated rings. The van der Waals surface area contributed by atoms with E-state index in [4.69, 9.17) is 16.3 Å². The van der Waals surface area contributed by atoms with E-state index in [9.17, 15) is 4.79 Å². The van der Waals surface area contributed by atoms with E-state index >= 15 is 0 Å². The summed E-state index contributed by atoms with van der Waals surface area (Å²) in [6.45, 7) is 1.23. The van der Waals surface area contributed by atoms with Gasteiger partial charge in [-0.25, -0.2) is 4.98 Å². The molecule has 1 aliphatic rings. The maximum Gasteiger partial charge on any atom is 0.291 e. The first-order chi connectivity index (χ1) is 9.72. The van der Waals surface area contributed by atoms with Gasteiger partial charge in [-0.05, 0) is 31.0 Å². The lowest BCUT2D eigenvalue weighted by molar-refractivity contribution is 0.0848. The molecule has 0 bridgehead atoms. The van der Waals surface area contributed by atoms with Gasteiger partial charge in [-0.1, -0.05) is 11.6 Å². The maximum absolute atomic E-state index is 12.0. The van der Waals surface area contributed by atoms with Crippen LogP contribution in [-0.2, 0) is 4.74 Å². The average molecular weight is 293 g/mol. The lowest BCUT2D eigenvalue weighted by Crippen LogP contribution is -2.33. The van der Waals surface area contributed by atoms with Crippen molar-refractivity contribution in [2.45, 2.75) is 18.9 Å². The van der Waals surface area contributed by atoms with E-state index in [-0.39, 0.29) is 17.8 Å². The van der Waals surface area contributed by atoms with Crippen LogP contribution in [0.3, 0.4) is 0 Å².